The molecule has 0 radical (unpaired) electrons. The Balaban J connectivity index is 2.19. The molecule has 0 aliphatic carbocycles. The van der Waals surface area contributed by atoms with Crippen molar-refractivity contribution in [2.24, 2.45) is 0 Å². The lowest BCUT2D eigenvalue weighted by atomic mass is 10.0. The summed E-state index contributed by atoms with van der Waals surface area (Å²) in [5.41, 5.74) is 0.912. The van der Waals surface area contributed by atoms with Crippen molar-refractivity contribution in [3.8, 4) is 0 Å². The van der Waals surface area contributed by atoms with E-state index in [1.54, 1.807) is 60.7 Å². The molecule has 0 fully saturated rings. The summed E-state index contributed by atoms with van der Waals surface area (Å²) in [6.45, 7) is -0.434. The fraction of sp³-hybridized carbons (Fsp3) is 0.188. The molecule has 0 aliphatic heterocycles. The summed E-state index contributed by atoms with van der Waals surface area (Å²) < 4.78 is 28.8. The predicted octanol–water partition coefficient (Wildman–Crippen LogP) is 3.37. The highest BCUT2D eigenvalue weighted by molar-refractivity contribution is 5.77. The van der Waals surface area contributed by atoms with Gasteiger partial charge in [-0.25, -0.2) is 9.18 Å². The second-order valence-corrected chi connectivity index (χ2v) is 4.73. The molecule has 0 spiro atoms. The zero-order valence-electron chi connectivity index (χ0n) is 11.2. The van der Waals surface area contributed by atoms with Gasteiger partial charge in [-0.3, -0.25) is 0 Å². The minimum atomic E-state index is -3.10. The molecule has 110 valence electrons. The Morgan fingerprint density at radius 1 is 1.00 bits per heavy atom. The third-order valence-electron chi connectivity index (χ3n) is 3.16. The second-order valence-electron chi connectivity index (χ2n) is 4.73. The quantitative estimate of drug-likeness (QED) is 0.655. The lowest BCUT2D eigenvalue weighted by Crippen LogP contribution is -2.48. The van der Waals surface area contributed by atoms with Crippen LogP contribution in [0.15, 0.2) is 60.7 Å². The van der Waals surface area contributed by atoms with Crippen LogP contribution in [0.25, 0.3) is 0 Å². The van der Waals surface area contributed by atoms with Crippen LogP contribution in [-0.4, -0.2) is 22.0 Å². The first-order chi connectivity index (χ1) is 10.0. The van der Waals surface area contributed by atoms with Crippen LogP contribution in [0.5, 0.6) is 0 Å². The van der Waals surface area contributed by atoms with E-state index in [0.29, 0.717) is 11.1 Å². The first-order valence-corrected chi connectivity index (χ1v) is 6.46. The molecule has 5 heteroatoms. The monoisotopic (exact) mass is 291 g/mol. The van der Waals surface area contributed by atoms with E-state index < -0.39 is 24.7 Å². The van der Waals surface area contributed by atoms with Crippen molar-refractivity contribution < 1.29 is 18.8 Å². The van der Waals surface area contributed by atoms with E-state index in [9.17, 15) is 13.7 Å². The van der Waals surface area contributed by atoms with Gasteiger partial charge in [0.25, 0.3) is 5.79 Å². The van der Waals surface area contributed by atoms with Gasteiger partial charge in [0.15, 0.2) is 0 Å². The van der Waals surface area contributed by atoms with Crippen molar-refractivity contribution in [2.75, 3.05) is 0 Å². The van der Waals surface area contributed by atoms with Crippen LogP contribution in [0.4, 0.5) is 8.87 Å². The zero-order valence-corrected chi connectivity index (χ0v) is 11.2. The van der Waals surface area contributed by atoms with Crippen LogP contribution < -0.4 is 0 Å². The number of carboxylic acids is 1. The highest BCUT2D eigenvalue weighted by atomic mass is 19.2. The fourth-order valence-electron chi connectivity index (χ4n) is 2.00. The molecule has 1 N–H and O–H groups in total. The lowest BCUT2D eigenvalue weighted by molar-refractivity contribution is -0.199. The fourth-order valence-corrected chi connectivity index (χ4v) is 2.00. The third-order valence-corrected chi connectivity index (χ3v) is 3.16. The average molecular weight is 291 g/mol. The van der Waals surface area contributed by atoms with Gasteiger partial charge in [-0.1, -0.05) is 65.8 Å². The average Bonchev–Trinajstić information content (AvgIpc) is 2.49. The van der Waals surface area contributed by atoms with E-state index in [-0.39, 0.29) is 5.12 Å². The van der Waals surface area contributed by atoms with Crippen LogP contribution in [0, 0.1) is 0 Å². The van der Waals surface area contributed by atoms with Gasteiger partial charge < -0.3 is 5.11 Å². The minimum absolute atomic E-state index is 0.266. The van der Waals surface area contributed by atoms with Gasteiger partial charge in [-0.05, 0) is 11.1 Å². The van der Waals surface area contributed by atoms with Gasteiger partial charge in [0, 0.05) is 6.42 Å². The summed E-state index contributed by atoms with van der Waals surface area (Å²) in [6, 6.07) is 16.5. The number of aliphatic carboxylic acids is 1. The maximum absolute atomic E-state index is 14.6. The maximum Gasteiger partial charge on any atom is 0.359 e. The molecular weight excluding hydrogens is 276 g/mol. The Morgan fingerprint density at radius 2 is 1.48 bits per heavy atom. The number of hydrogen-bond donors (Lipinski definition) is 1. The highest BCUT2D eigenvalue weighted by Gasteiger charge is 2.46. The van der Waals surface area contributed by atoms with Gasteiger partial charge in [0.05, 0.1) is 6.54 Å². The second kappa shape index (κ2) is 6.45. The molecule has 0 amide bonds. The standard InChI is InChI=1S/C16H15F2NO2/c17-16(15(20)21,11-13-7-3-1-4-8-13)19(18)12-14-9-5-2-6-10-14/h1-10H,11-12H2,(H,20,21)/t16-/m0/s1. The van der Waals surface area contributed by atoms with E-state index in [0.717, 1.165) is 0 Å². The number of nitrogens with zero attached hydrogens (tertiary/aromatic N) is 1. The van der Waals surface area contributed by atoms with Crippen molar-refractivity contribution in [2.45, 2.75) is 18.8 Å². The molecule has 0 saturated heterocycles. The lowest BCUT2D eigenvalue weighted by Gasteiger charge is -2.27. The topological polar surface area (TPSA) is 40.5 Å². The summed E-state index contributed by atoms with van der Waals surface area (Å²) >= 11 is 0. The normalized spacial score (nSPS) is 13.9. The number of benzene rings is 2. The Bertz CT molecular complexity index is 592. The number of halogens is 2. The van der Waals surface area contributed by atoms with Gasteiger partial charge in [0.1, 0.15) is 0 Å². The van der Waals surface area contributed by atoms with Gasteiger partial charge in [0.2, 0.25) is 0 Å². The highest BCUT2D eigenvalue weighted by Crippen LogP contribution is 2.26. The van der Waals surface area contributed by atoms with Crippen molar-refractivity contribution in [3.05, 3.63) is 71.8 Å². The molecule has 0 aromatic heterocycles. The molecule has 0 unspecified atom stereocenters. The molecule has 21 heavy (non-hydrogen) atoms. The molecule has 0 heterocycles. The smallest absolute Gasteiger partial charge is 0.359 e. The number of carbonyl (C=O) groups is 1. The molecular formula is C16H15F2NO2. The van der Waals surface area contributed by atoms with E-state index in [1.807, 2.05) is 0 Å². The Labute approximate surface area is 121 Å². The minimum Gasteiger partial charge on any atom is -0.478 e. The van der Waals surface area contributed by atoms with E-state index >= 15 is 0 Å². The van der Waals surface area contributed by atoms with Crippen LogP contribution in [0.2, 0.25) is 0 Å². The number of carboxylic acid groups (broad SMARTS) is 1. The largest absolute Gasteiger partial charge is 0.478 e. The third kappa shape index (κ3) is 3.64. The molecule has 3 nitrogen and oxygen atoms in total. The van der Waals surface area contributed by atoms with Crippen molar-refractivity contribution >= 4 is 5.97 Å². The Hall–Kier alpha value is -2.27. The van der Waals surface area contributed by atoms with Crippen molar-refractivity contribution in [1.82, 2.24) is 5.12 Å². The summed E-state index contributed by atoms with van der Waals surface area (Å²) in [4.78, 5) is 11.2. The SMILES string of the molecule is O=C(O)[C@](F)(Cc1ccccc1)N(F)Cc1ccccc1. The number of hydrogen-bond acceptors (Lipinski definition) is 2. The Morgan fingerprint density at radius 3 is 1.95 bits per heavy atom. The van der Waals surface area contributed by atoms with Gasteiger partial charge in [-0.15, -0.1) is 4.48 Å². The molecule has 2 aromatic carbocycles. The molecule has 2 rings (SSSR count). The first-order valence-electron chi connectivity index (χ1n) is 6.46. The summed E-state index contributed by atoms with van der Waals surface area (Å²) in [6.07, 6.45) is -0.563. The maximum atomic E-state index is 14.6. The van der Waals surface area contributed by atoms with Crippen LogP contribution in [0.3, 0.4) is 0 Å². The van der Waals surface area contributed by atoms with Crippen molar-refractivity contribution in [1.29, 1.82) is 0 Å². The van der Waals surface area contributed by atoms with Crippen LogP contribution in [-0.2, 0) is 17.8 Å². The number of rotatable bonds is 6. The predicted molar refractivity (Wildman–Crippen MR) is 74.7 cm³/mol. The van der Waals surface area contributed by atoms with Gasteiger partial charge in [-0.2, -0.15) is 0 Å². The molecule has 0 bridgehead atoms. The summed E-state index contributed by atoms with van der Waals surface area (Å²) in [5, 5.41) is 8.82. The first kappa shape index (κ1) is 15.1. The summed E-state index contributed by atoms with van der Waals surface area (Å²) in [5.74, 6) is -4.94. The van der Waals surface area contributed by atoms with E-state index in [2.05, 4.69) is 0 Å². The molecule has 0 saturated carbocycles. The Kier molecular flexibility index (Phi) is 4.65. The van der Waals surface area contributed by atoms with Crippen LogP contribution in [0.1, 0.15) is 11.1 Å². The summed E-state index contributed by atoms with van der Waals surface area (Å²) in [7, 11) is 0. The zero-order chi connectivity index (χ0) is 15.3. The van der Waals surface area contributed by atoms with E-state index in [1.165, 1.54) is 0 Å². The molecule has 1 atom stereocenters. The molecule has 2 aromatic rings. The number of alkyl halides is 1. The van der Waals surface area contributed by atoms with E-state index in [4.69, 9.17) is 5.11 Å². The van der Waals surface area contributed by atoms with Gasteiger partial charge >= 0.3 is 5.97 Å². The molecule has 0 aliphatic rings. The van der Waals surface area contributed by atoms with Crippen LogP contribution >= 0.6 is 0 Å². The van der Waals surface area contributed by atoms with Crippen molar-refractivity contribution in [3.63, 3.8) is 0 Å².